The lowest BCUT2D eigenvalue weighted by Crippen LogP contribution is -2.27. The molecule has 0 aliphatic rings. The highest BCUT2D eigenvalue weighted by molar-refractivity contribution is 5.36. The molecule has 0 spiro atoms. The van der Waals surface area contributed by atoms with E-state index >= 15 is 0 Å². The van der Waals surface area contributed by atoms with Crippen molar-refractivity contribution in [2.75, 3.05) is 26.9 Å². The third-order valence-electron chi connectivity index (χ3n) is 2.48. The Kier molecular flexibility index (Phi) is 6.94. The Balaban J connectivity index is 2.36. The zero-order valence-electron chi connectivity index (χ0n) is 11.5. The fourth-order valence-corrected chi connectivity index (χ4v) is 1.47. The fourth-order valence-electron chi connectivity index (χ4n) is 1.47. The lowest BCUT2D eigenvalue weighted by molar-refractivity contribution is -0.0423. The predicted octanol–water partition coefficient (Wildman–Crippen LogP) is 1.49. The number of methoxy groups -OCH3 is 1. The van der Waals surface area contributed by atoms with Crippen molar-refractivity contribution in [1.82, 2.24) is 0 Å². The maximum atomic E-state index is 13.3. The summed E-state index contributed by atoms with van der Waals surface area (Å²) >= 11 is 0. The standard InChI is InChI=1S/C14H18FNO4/c1-10(7-18-2)19-8-12(17)9-20-13-4-3-11(6-16)14(15)5-13/h3-5,10,12,17H,7-9H2,1-2H3. The molecule has 0 saturated heterocycles. The van der Waals surface area contributed by atoms with Crippen LogP contribution in [0.4, 0.5) is 4.39 Å². The molecule has 2 atom stereocenters. The van der Waals surface area contributed by atoms with E-state index in [-0.39, 0.29) is 30.6 Å². The number of aliphatic hydroxyl groups is 1. The Labute approximate surface area is 117 Å². The number of halogens is 1. The van der Waals surface area contributed by atoms with Gasteiger partial charge in [0.15, 0.2) is 0 Å². The molecule has 1 aromatic carbocycles. The van der Waals surface area contributed by atoms with Gasteiger partial charge in [-0.05, 0) is 19.1 Å². The molecule has 2 unspecified atom stereocenters. The molecule has 5 nitrogen and oxygen atoms in total. The van der Waals surface area contributed by atoms with Crippen LogP contribution in [0.2, 0.25) is 0 Å². The highest BCUT2D eigenvalue weighted by Gasteiger charge is 2.10. The topological polar surface area (TPSA) is 71.7 Å². The first-order valence-corrected chi connectivity index (χ1v) is 6.18. The summed E-state index contributed by atoms with van der Waals surface area (Å²) in [4.78, 5) is 0. The zero-order chi connectivity index (χ0) is 15.0. The van der Waals surface area contributed by atoms with Gasteiger partial charge >= 0.3 is 0 Å². The fraction of sp³-hybridized carbons (Fsp3) is 0.500. The van der Waals surface area contributed by atoms with E-state index in [9.17, 15) is 9.50 Å². The summed E-state index contributed by atoms with van der Waals surface area (Å²) in [6.45, 7) is 2.34. The molecule has 0 aliphatic heterocycles. The molecule has 6 heteroatoms. The van der Waals surface area contributed by atoms with Crippen molar-refractivity contribution >= 4 is 0 Å². The minimum absolute atomic E-state index is 0.0228. The number of ether oxygens (including phenoxy) is 3. The summed E-state index contributed by atoms with van der Waals surface area (Å²) in [7, 11) is 1.57. The Morgan fingerprint density at radius 3 is 2.70 bits per heavy atom. The van der Waals surface area contributed by atoms with Gasteiger partial charge < -0.3 is 19.3 Å². The number of hydrogen-bond donors (Lipinski definition) is 1. The number of rotatable bonds is 8. The zero-order valence-corrected chi connectivity index (χ0v) is 11.5. The van der Waals surface area contributed by atoms with Crippen molar-refractivity contribution in [3.63, 3.8) is 0 Å². The van der Waals surface area contributed by atoms with Gasteiger partial charge in [-0.2, -0.15) is 5.26 Å². The number of nitrogens with zero attached hydrogens (tertiary/aromatic N) is 1. The summed E-state index contributed by atoms with van der Waals surface area (Å²) in [5.74, 6) is -0.394. The van der Waals surface area contributed by atoms with Gasteiger partial charge in [0, 0.05) is 13.2 Å². The molecular weight excluding hydrogens is 265 g/mol. The second-order valence-electron chi connectivity index (χ2n) is 4.32. The van der Waals surface area contributed by atoms with Crippen molar-refractivity contribution in [2.45, 2.75) is 19.1 Å². The Hall–Kier alpha value is -1.68. The molecule has 0 saturated carbocycles. The van der Waals surface area contributed by atoms with Gasteiger partial charge in [0.2, 0.25) is 0 Å². The van der Waals surface area contributed by atoms with Gasteiger partial charge in [0.1, 0.15) is 30.3 Å². The van der Waals surface area contributed by atoms with E-state index < -0.39 is 11.9 Å². The van der Waals surface area contributed by atoms with E-state index in [4.69, 9.17) is 19.5 Å². The van der Waals surface area contributed by atoms with E-state index in [1.807, 2.05) is 6.92 Å². The van der Waals surface area contributed by atoms with Crippen LogP contribution in [0.1, 0.15) is 12.5 Å². The van der Waals surface area contributed by atoms with Crippen LogP contribution in [0.3, 0.4) is 0 Å². The SMILES string of the molecule is COCC(C)OCC(O)COc1ccc(C#N)c(F)c1. The molecule has 0 aromatic heterocycles. The average molecular weight is 283 g/mol. The summed E-state index contributed by atoms with van der Waals surface area (Å²) in [5.41, 5.74) is -0.0466. The molecule has 1 rings (SSSR count). The summed E-state index contributed by atoms with van der Waals surface area (Å²) in [6, 6.07) is 5.63. The third-order valence-corrected chi connectivity index (χ3v) is 2.48. The number of hydrogen-bond acceptors (Lipinski definition) is 5. The maximum Gasteiger partial charge on any atom is 0.144 e. The smallest absolute Gasteiger partial charge is 0.144 e. The molecule has 0 amide bonds. The van der Waals surface area contributed by atoms with Crippen LogP contribution in [0.5, 0.6) is 5.75 Å². The molecule has 1 N–H and O–H groups in total. The van der Waals surface area contributed by atoms with Crippen molar-refractivity contribution < 1.29 is 23.7 Å². The first-order valence-electron chi connectivity index (χ1n) is 6.18. The Bertz CT molecular complexity index is 461. The van der Waals surface area contributed by atoms with Gasteiger partial charge in [-0.15, -0.1) is 0 Å². The highest BCUT2D eigenvalue weighted by Crippen LogP contribution is 2.16. The van der Waals surface area contributed by atoms with Crippen molar-refractivity contribution in [1.29, 1.82) is 5.26 Å². The quantitative estimate of drug-likeness (QED) is 0.782. The first-order chi connectivity index (χ1) is 9.56. The van der Waals surface area contributed by atoms with Gasteiger partial charge in [0.25, 0.3) is 0 Å². The number of benzene rings is 1. The molecule has 20 heavy (non-hydrogen) atoms. The predicted molar refractivity (Wildman–Crippen MR) is 69.9 cm³/mol. The second-order valence-corrected chi connectivity index (χ2v) is 4.32. The molecule has 0 bridgehead atoms. The van der Waals surface area contributed by atoms with E-state index in [0.29, 0.717) is 6.61 Å². The normalized spacial score (nSPS) is 13.6. The van der Waals surface area contributed by atoms with Crippen LogP contribution in [0, 0.1) is 17.1 Å². The van der Waals surface area contributed by atoms with E-state index in [1.165, 1.54) is 12.1 Å². The van der Waals surface area contributed by atoms with Crippen LogP contribution >= 0.6 is 0 Å². The van der Waals surface area contributed by atoms with E-state index in [0.717, 1.165) is 6.07 Å². The van der Waals surface area contributed by atoms with Crippen LogP contribution < -0.4 is 4.74 Å². The monoisotopic (exact) mass is 283 g/mol. The van der Waals surface area contributed by atoms with E-state index in [1.54, 1.807) is 13.2 Å². The Morgan fingerprint density at radius 2 is 2.10 bits per heavy atom. The molecular formula is C14H18FNO4. The van der Waals surface area contributed by atoms with Gasteiger partial charge in [-0.1, -0.05) is 0 Å². The van der Waals surface area contributed by atoms with E-state index in [2.05, 4.69) is 0 Å². The van der Waals surface area contributed by atoms with Crippen molar-refractivity contribution in [2.24, 2.45) is 0 Å². The lowest BCUT2D eigenvalue weighted by atomic mass is 10.2. The molecule has 0 radical (unpaired) electrons. The number of nitriles is 1. The minimum Gasteiger partial charge on any atom is -0.491 e. The second kappa shape index (κ2) is 8.48. The average Bonchev–Trinajstić information content (AvgIpc) is 2.43. The molecule has 0 heterocycles. The summed E-state index contributed by atoms with van der Waals surface area (Å²) in [6.07, 6.45) is -0.949. The third kappa shape index (κ3) is 5.53. The lowest BCUT2D eigenvalue weighted by Gasteiger charge is -2.16. The van der Waals surface area contributed by atoms with Gasteiger partial charge in [0.05, 0.1) is 24.9 Å². The number of aliphatic hydroxyl groups excluding tert-OH is 1. The van der Waals surface area contributed by atoms with Crippen LogP contribution in [0.15, 0.2) is 18.2 Å². The van der Waals surface area contributed by atoms with Crippen LogP contribution in [0.25, 0.3) is 0 Å². The van der Waals surface area contributed by atoms with Crippen molar-refractivity contribution in [3.8, 4) is 11.8 Å². The minimum atomic E-state index is -0.826. The first kappa shape index (κ1) is 16.4. The molecule has 1 aromatic rings. The summed E-state index contributed by atoms with van der Waals surface area (Å²) < 4.78 is 28.8. The summed E-state index contributed by atoms with van der Waals surface area (Å²) in [5, 5.41) is 18.3. The van der Waals surface area contributed by atoms with Crippen LogP contribution in [-0.2, 0) is 9.47 Å². The van der Waals surface area contributed by atoms with Crippen LogP contribution in [-0.4, -0.2) is 44.2 Å². The van der Waals surface area contributed by atoms with Gasteiger partial charge in [-0.25, -0.2) is 4.39 Å². The maximum absolute atomic E-state index is 13.3. The molecule has 0 fully saturated rings. The van der Waals surface area contributed by atoms with Crippen molar-refractivity contribution in [3.05, 3.63) is 29.6 Å². The Morgan fingerprint density at radius 1 is 1.35 bits per heavy atom. The largest absolute Gasteiger partial charge is 0.491 e. The molecule has 110 valence electrons. The van der Waals surface area contributed by atoms with Gasteiger partial charge in [-0.3, -0.25) is 0 Å². The highest BCUT2D eigenvalue weighted by atomic mass is 19.1. The molecule has 0 aliphatic carbocycles.